The number of nitrogens with one attached hydrogen (secondary N) is 1. The first-order valence-electron chi connectivity index (χ1n) is 4.94. The Morgan fingerprint density at radius 2 is 2.18 bits per heavy atom. The zero-order chi connectivity index (χ0) is 12.4. The van der Waals surface area contributed by atoms with Crippen LogP contribution in [0.15, 0.2) is 18.2 Å². The van der Waals surface area contributed by atoms with Crippen molar-refractivity contribution in [2.24, 2.45) is 0 Å². The molecule has 0 fully saturated rings. The van der Waals surface area contributed by atoms with Gasteiger partial charge >= 0.3 is 0 Å². The Bertz CT molecular complexity index is 568. The second-order valence-corrected chi connectivity index (χ2v) is 4.34. The molecule has 2 aromatic rings. The van der Waals surface area contributed by atoms with Crippen molar-refractivity contribution >= 4 is 22.6 Å². The van der Waals surface area contributed by atoms with E-state index >= 15 is 0 Å². The van der Waals surface area contributed by atoms with Crippen molar-refractivity contribution in [2.75, 3.05) is 5.32 Å². The van der Waals surface area contributed by atoms with Gasteiger partial charge in [-0.05, 0) is 26.0 Å². The summed E-state index contributed by atoms with van der Waals surface area (Å²) in [4.78, 5) is 15.8. The predicted octanol–water partition coefficient (Wildman–Crippen LogP) is 2.55. The fourth-order valence-electron chi connectivity index (χ4n) is 1.33. The summed E-state index contributed by atoms with van der Waals surface area (Å²) >= 11 is 1.07. The number of anilines is 1. The standard InChI is InChI=1S/C11H10FN3OS/c1-6-3-4-9(12)8(5-6)10(16)14-11-13-7(2)15-17-11/h3-5H,1-2H3,(H,13,14,15,16). The second-order valence-electron chi connectivity index (χ2n) is 3.58. The third-order valence-corrected chi connectivity index (χ3v) is 2.84. The Morgan fingerprint density at radius 3 is 2.82 bits per heavy atom. The van der Waals surface area contributed by atoms with E-state index in [1.54, 1.807) is 19.9 Å². The van der Waals surface area contributed by atoms with Crippen LogP contribution in [0.3, 0.4) is 0 Å². The Kier molecular flexibility index (Phi) is 3.14. The van der Waals surface area contributed by atoms with Crippen LogP contribution in [-0.2, 0) is 0 Å². The van der Waals surface area contributed by atoms with Crippen LogP contribution in [0.25, 0.3) is 0 Å². The predicted molar refractivity (Wildman–Crippen MR) is 63.7 cm³/mol. The van der Waals surface area contributed by atoms with Crippen molar-refractivity contribution in [2.45, 2.75) is 13.8 Å². The molecular weight excluding hydrogens is 241 g/mol. The lowest BCUT2D eigenvalue weighted by molar-refractivity contribution is 0.102. The van der Waals surface area contributed by atoms with E-state index in [1.807, 2.05) is 0 Å². The maximum Gasteiger partial charge on any atom is 0.260 e. The van der Waals surface area contributed by atoms with E-state index in [0.717, 1.165) is 17.1 Å². The molecule has 1 amide bonds. The van der Waals surface area contributed by atoms with Crippen LogP contribution >= 0.6 is 11.5 Å². The molecule has 0 unspecified atom stereocenters. The fourth-order valence-corrected chi connectivity index (χ4v) is 1.90. The molecule has 0 aliphatic rings. The van der Waals surface area contributed by atoms with E-state index in [0.29, 0.717) is 11.0 Å². The zero-order valence-electron chi connectivity index (χ0n) is 9.32. The highest BCUT2D eigenvalue weighted by Gasteiger charge is 2.13. The fraction of sp³-hybridized carbons (Fsp3) is 0.182. The summed E-state index contributed by atoms with van der Waals surface area (Å²) in [7, 11) is 0. The van der Waals surface area contributed by atoms with Crippen LogP contribution in [0.4, 0.5) is 9.52 Å². The van der Waals surface area contributed by atoms with Crippen LogP contribution in [0.1, 0.15) is 21.7 Å². The Hall–Kier alpha value is -1.82. The third kappa shape index (κ3) is 2.65. The van der Waals surface area contributed by atoms with Gasteiger partial charge in [0.1, 0.15) is 11.6 Å². The number of hydrogen-bond acceptors (Lipinski definition) is 4. The van der Waals surface area contributed by atoms with Crippen LogP contribution < -0.4 is 5.32 Å². The van der Waals surface area contributed by atoms with Crippen molar-refractivity contribution in [3.05, 3.63) is 41.0 Å². The number of carbonyl (C=O) groups is 1. The van der Waals surface area contributed by atoms with Crippen molar-refractivity contribution < 1.29 is 9.18 Å². The molecule has 0 spiro atoms. The molecule has 0 aliphatic carbocycles. The van der Waals surface area contributed by atoms with Crippen LogP contribution in [0.2, 0.25) is 0 Å². The molecule has 0 aliphatic heterocycles. The second kappa shape index (κ2) is 4.58. The number of halogens is 1. The molecule has 1 aromatic carbocycles. The lowest BCUT2D eigenvalue weighted by Crippen LogP contribution is -2.13. The smallest absolute Gasteiger partial charge is 0.260 e. The number of carbonyl (C=O) groups excluding carboxylic acids is 1. The SMILES string of the molecule is Cc1ccc(F)c(C(=O)Nc2nc(C)ns2)c1. The summed E-state index contributed by atoms with van der Waals surface area (Å²) in [5, 5.41) is 2.88. The van der Waals surface area contributed by atoms with E-state index in [4.69, 9.17) is 0 Å². The van der Waals surface area contributed by atoms with E-state index in [2.05, 4.69) is 14.7 Å². The molecule has 0 radical (unpaired) electrons. The van der Waals surface area contributed by atoms with Crippen LogP contribution in [0, 0.1) is 19.7 Å². The van der Waals surface area contributed by atoms with Gasteiger partial charge in [-0.15, -0.1) is 0 Å². The number of amides is 1. The number of aromatic nitrogens is 2. The minimum atomic E-state index is -0.547. The average molecular weight is 251 g/mol. The summed E-state index contributed by atoms with van der Waals surface area (Å²) in [5.41, 5.74) is 0.836. The van der Waals surface area contributed by atoms with Gasteiger partial charge in [0.15, 0.2) is 0 Å². The number of hydrogen-bond donors (Lipinski definition) is 1. The molecule has 0 saturated carbocycles. The van der Waals surface area contributed by atoms with Gasteiger partial charge in [0.2, 0.25) is 5.13 Å². The van der Waals surface area contributed by atoms with Gasteiger partial charge in [0, 0.05) is 11.5 Å². The molecule has 4 nitrogen and oxygen atoms in total. The molecular formula is C11H10FN3OS. The number of aryl methyl sites for hydroxylation is 2. The minimum absolute atomic E-state index is 0.0119. The maximum atomic E-state index is 13.4. The molecule has 6 heteroatoms. The molecule has 88 valence electrons. The first-order valence-corrected chi connectivity index (χ1v) is 5.71. The molecule has 0 atom stereocenters. The molecule has 1 N–H and O–H groups in total. The summed E-state index contributed by atoms with van der Waals surface area (Å²) < 4.78 is 17.4. The van der Waals surface area contributed by atoms with Gasteiger partial charge in [-0.25, -0.2) is 9.37 Å². The van der Waals surface area contributed by atoms with Gasteiger partial charge in [0.25, 0.3) is 5.91 Å². The van der Waals surface area contributed by atoms with E-state index in [-0.39, 0.29) is 5.56 Å². The van der Waals surface area contributed by atoms with E-state index in [9.17, 15) is 9.18 Å². The lowest BCUT2D eigenvalue weighted by Gasteiger charge is -2.03. The number of nitrogens with zero attached hydrogens (tertiary/aromatic N) is 2. The quantitative estimate of drug-likeness (QED) is 0.892. The first-order chi connectivity index (χ1) is 8.06. The van der Waals surface area contributed by atoms with Gasteiger partial charge in [-0.2, -0.15) is 4.37 Å². The largest absolute Gasteiger partial charge is 0.296 e. The summed E-state index contributed by atoms with van der Waals surface area (Å²) in [5.74, 6) is -0.480. The zero-order valence-corrected chi connectivity index (χ0v) is 10.1. The summed E-state index contributed by atoms with van der Waals surface area (Å²) in [6.07, 6.45) is 0. The van der Waals surface area contributed by atoms with Crippen molar-refractivity contribution in [1.82, 2.24) is 9.36 Å². The van der Waals surface area contributed by atoms with Crippen molar-refractivity contribution in [1.29, 1.82) is 0 Å². The van der Waals surface area contributed by atoms with Gasteiger partial charge in [-0.1, -0.05) is 11.6 Å². The Balaban J connectivity index is 2.22. The van der Waals surface area contributed by atoms with Crippen molar-refractivity contribution in [3.8, 4) is 0 Å². The topological polar surface area (TPSA) is 54.9 Å². The Morgan fingerprint density at radius 1 is 1.41 bits per heavy atom. The van der Waals surface area contributed by atoms with Gasteiger partial charge < -0.3 is 0 Å². The highest BCUT2D eigenvalue weighted by molar-refractivity contribution is 7.09. The highest BCUT2D eigenvalue weighted by atomic mass is 32.1. The van der Waals surface area contributed by atoms with Crippen molar-refractivity contribution in [3.63, 3.8) is 0 Å². The number of rotatable bonds is 2. The average Bonchev–Trinajstić information content (AvgIpc) is 2.67. The molecule has 0 saturated heterocycles. The lowest BCUT2D eigenvalue weighted by atomic mass is 10.1. The van der Waals surface area contributed by atoms with Gasteiger partial charge in [-0.3, -0.25) is 10.1 Å². The minimum Gasteiger partial charge on any atom is -0.296 e. The van der Waals surface area contributed by atoms with Crippen LogP contribution in [-0.4, -0.2) is 15.3 Å². The molecule has 0 bridgehead atoms. The number of benzene rings is 1. The normalized spacial score (nSPS) is 10.3. The van der Waals surface area contributed by atoms with E-state index < -0.39 is 11.7 Å². The van der Waals surface area contributed by atoms with Crippen LogP contribution in [0.5, 0.6) is 0 Å². The van der Waals surface area contributed by atoms with E-state index in [1.165, 1.54) is 12.1 Å². The first kappa shape index (κ1) is 11.7. The third-order valence-electron chi connectivity index (χ3n) is 2.11. The molecule has 17 heavy (non-hydrogen) atoms. The Labute approximate surface area is 102 Å². The molecule has 1 heterocycles. The summed E-state index contributed by atoms with van der Waals surface area (Å²) in [6.45, 7) is 3.52. The monoisotopic (exact) mass is 251 g/mol. The van der Waals surface area contributed by atoms with Gasteiger partial charge in [0.05, 0.1) is 5.56 Å². The summed E-state index contributed by atoms with van der Waals surface area (Å²) in [6, 6.07) is 4.38. The highest BCUT2D eigenvalue weighted by Crippen LogP contribution is 2.15. The molecule has 1 aromatic heterocycles. The maximum absolute atomic E-state index is 13.4. The molecule has 2 rings (SSSR count).